The van der Waals surface area contributed by atoms with Crippen molar-refractivity contribution in [2.45, 2.75) is 0 Å². The molecule has 5 rings (SSSR count). The van der Waals surface area contributed by atoms with Crippen LogP contribution in [-0.2, 0) is 0 Å². The van der Waals surface area contributed by atoms with Gasteiger partial charge in [-0.15, -0.1) is 0 Å². The normalized spacial score (nSPS) is 12.0. The third-order valence-electron chi connectivity index (χ3n) is 5.92. The van der Waals surface area contributed by atoms with Gasteiger partial charge in [-0.3, -0.25) is 19.2 Å². The Hall–Kier alpha value is -3.68. The highest BCUT2D eigenvalue weighted by Gasteiger charge is 2.35. The molecule has 6 nitrogen and oxygen atoms in total. The van der Waals surface area contributed by atoms with Crippen LogP contribution in [0.2, 0.25) is 20.1 Å². The van der Waals surface area contributed by atoms with Crippen molar-refractivity contribution in [2.75, 3.05) is 10.6 Å². The molecule has 10 heteroatoms. The fourth-order valence-corrected chi connectivity index (χ4v) is 5.15. The van der Waals surface area contributed by atoms with Crippen molar-refractivity contribution in [3.05, 3.63) is 126 Å². The molecule has 38 heavy (non-hydrogen) atoms. The molecule has 0 aromatic heterocycles. The van der Waals surface area contributed by atoms with E-state index < -0.39 is 23.4 Å². The van der Waals surface area contributed by atoms with E-state index in [1.165, 1.54) is 60.7 Å². The summed E-state index contributed by atoms with van der Waals surface area (Å²) in [5.74, 6) is -2.21. The second-order valence-electron chi connectivity index (χ2n) is 8.27. The Morgan fingerprint density at radius 3 is 1.32 bits per heavy atom. The van der Waals surface area contributed by atoms with Gasteiger partial charge in [-0.05, 0) is 48.5 Å². The first-order valence-electron chi connectivity index (χ1n) is 11.0. The van der Waals surface area contributed by atoms with Crippen LogP contribution in [-0.4, -0.2) is 23.4 Å². The Morgan fingerprint density at radius 2 is 0.947 bits per heavy atom. The Balaban J connectivity index is 1.61. The Labute approximate surface area is 236 Å². The molecule has 0 aliphatic heterocycles. The molecule has 1 aliphatic carbocycles. The van der Waals surface area contributed by atoms with E-state index >= 15 is 0 Å². The summed E-state index contributed by atoms with van der Waals surface area (Å²) in [5.41, 5.74) is 0.615. The second-order valence-corrected chi connectivity index (χ2v) is 9.96. The molecule has 0 atom stereocenters. The van der Waals surface area contributed by atoms with Crippen LogP contribution in [0.4, 0.5) is 11.4 Å². The van der Waals surface area contributed by atoms with Gasteiger partial charge in [0.05, 0.1) is 43.7 Å². The van der Waals surface area contributed by atoms with E-state index in [2.05, 4.69) is 10.6 Å². The molecule has 2 N–H and O–H groups in total. The van der Waals surface area contributed by atoms with E-state index in [0.717, 1.165) is 0 Å². The maximum absolute atomic E-state index is 13.6. The number of fused-ring (bicyclic) bond motifs is 2. The first-order chi connectivity index (χ1) is 18.2. The maximum atomic E-state index is 13.6. The minimum atomic E-state index is -0.613. The summed E-state index contributed by atoms with van der Waals surface area (Å²) < 4.78 is 0. The molecule has 0 heterocycles. The van der Waals surface area contributed by atoms with Gasteiger partial charge in [0.2, 0.25) is 0 Å². The summed E-state index contributed by atoms with van der Waals surface area (Å²) in [5, 5.41) is 6.26. The van der Waals surface area contributed by atoms with Crippen LogP contribution < -0.4 is 10.6 Å². The van der Waals surface area contributed by atoms with Gasteiger partial charge in [0.15, 0.2) is 11.6 Å². The first-order valence-corrected chi connectivity index (χ1v) is 12.5. The minimum absolute atomic E-state index is 0.0628. The number of anilines is 2. The average Bonchev–Trinajstić information content (AvgIpc) is 2.87. The number of rotatable bonds is 4. The van der Waals surface area contributed by atoms with Crippen LogP contribution >= 0.6 is 46.4 Å². The van der Waals surface area contributed by atoms with Gasteiger partial charge < -0.3 is 10.6 Å². The van der Waals surface area contributed by atoms with Crippen molar-refractivity contribution < 1.29 is 19.2 Å². The molecule has 0 saturated heterocycles. The molecular formula is C28H14Cl4N2O4. The van der Waals surface area contributed by atoms with Crippen LogP contribution in [0, 0.1) is 0 Å². The molecular weight excluding hydrogens is 570 g/mol. The molecule has 0 bridgehead atoms. The van der Waals surface area contributed by atoms with Crippen molar-refractivity contribution in [2.24, 2.45) is 0 Å². The van der Waals surface area contributed by atoms with Gasteiger partial charge in [0.25, 0.3) is 11.8 Å². The number of hydrogen-bond acceptors (Lipinski definition) is 4. The number of carbonyl (C=O) groups is 4. The lowest BCUT2D eigenvalue weighted by molar-refractivity contribution is 0.0977. The lowest BCUT2D eigenvalue weighted by Crippen LogP contribution is -2.26. The van der Waals surface area contributed by atoms with E-state index in [0.29, 0.717) is 10.0 Å². The predicted molar refractivity (Wildman–Crippen MR) is 149 cm³/mol. The zero-order chi connectivity index (χ0) is 27.1. The maximum Gasteiger partial charge on any atom is 0.257 e. The van der Waals surface area contributed by atoms with Crippen LogP contribution in [0.5, 0.6) is 0 Å². The van der Waals surface area contributed by atoms with E-state index in [1.54, 1.807) is 12.1 Å². The van der Waals surface area contributed by atoms with Gasteiger partial charge in [0, 0.05) is 21.2 Å². The largest absolute Gasteiger partial charge is 0.321 e. The number of amides is 2. The lowest BCUT2D eigenvalue weighted by Gasteiger charge is -2.23. The molecule has 1 aliphatic rings. The zero-order valence-electron chi connectivity index (χ0n) is 19.1. The molecule has 0 spiro atoms. The third kappa shape index (κ3) is 4.68. The molecule has 0 fully saturated rings. The van der Waals surface area contributed by atoms with E-state index in [1.807, 2.05) is 0 Å². The number of carbonyl (C=O) groups excluding carboxylic acids is 4. The van der Waals surface area contributed by atoms with Gasteiger partial charge in [0.1, 0.15) is 0 Å². The van der Waals surface area contributed by atoms with Crippen molar-refractivity contribution in [1.82, 2.24) is 0 Å². The summed E-state index contributed by atoms with van der Waals surface area (Å²) in [7, 11) is 0. The first kappa shape index (κ1) is 25.9. The standard InChI is InChI=1S/C28H14Cl4N2O4/c29-13-5-7-17(19(31)11-13)27(37)33-21-9-10-22(34-28(38)18-8-6-14(30)12-20(18)32)24-23(21)25(35)15-3-1-2-4-16(15)26(24)36/h1-12H,(H,33,37)(H,34,38). The Morgan fingerprint density at radius 1 is 0.553 bits per heavy atom. The average molecular weight is 584 g/mol. The predicted octanol–water partition coefficient (Wildman–Crippen LogP) is 7.58. The molecule has 2 amide bonds. The fourth-order valence-electron chi connectivity index (χ4n) is 4.16. The molecule has 0 radical (unpaired) electrons. The fraction of sp³-hybridized carbons (Fsp3) is 0. The number of halogens is 4. The summed E-state index contributed by atoms with van der Waals surface area (Å²) in [6.45, 7) is 0. The van der Waals surface area contributed by atoms with Crippen molar-refractivity contribution >= 4 is 81.2 Å². The number of nitrogens with one attached hydrogen (secondary N) is 2. The SMILES string of the molecule is O=C(Nc1ccc(NC(=O)c2ccc(Cl)cc2Cl)c2c1C(=O)c1ccccc1C2=O)c1ccc(Cl)cc1Cl. The molecule has 188 valence electrons. The molecule has 0 unspecified atom stereocenters. The van der Waals surface area contributed by atoms with E-state index in [-0.39, 0.29) is 54.8 Å². The zero-order valence-corrected chi connectivity index (χ0v) is 22.1. The number of ketones is 2. The van der Waals surface area contributed by atoms with Gasteiger partial charge >= 0.3 is 0 Å². The van der Waals surface area contributed by atoms with Gasteiger partial charge in [-0.2, -0.15) is 0 Å². The highest BCUT2D eigenvalue weighted by Crippen LogP contribution is 2.37. The highest BCUT2D eigenvalue weighted by molar-refractivity contribution is 6.38. The third-order valence-corrected chi connectivity index (χ3v) is 7.02. The minimum Gasteiger partial charge on any atom is -0.321 e. The monoisotopic (exact) mass is 582 g/mol. The summed E-state index contributed by atoms with van der Waals surface area (Å²) >= 11 is 24.2. The topological polar surface area (TPSA) is 92.3 Å². The molecule has 4 aromatic rings. The lowest BCUT2D eigenvalue weighted by atomic mass is 9.82. The van der Waals surface area contributed by atoms with E-state index in [4.69, 9.17) is 46.4 Å². The van der Waals surface area contributed by atoms with Crippen molar-refractivity contribution in [3.63, 3.8) is 0 Å². The van der Waals surface area contributed by atoms with Gasteiger partial charge in [-0.1, -0.05) is 70.7 Å². The summed E-state index contributed by atoms with van der Waals surface area (Å²) in [6, 6.07) is 17.9. The molecule has 4 aromatic carbocycles. The Bertz CT molecular complexity index is 1580. The summed E-state index contributed by atoms with van der Waals surface area (Å²) in [4.78, 5) is 53.3. The quantitative estimate of drug-likeness (QED) is 0.228. The smallest absolute Gasteiger partial charge is 0.257 e. The van der Waals surface area contributed by atoms with Crippen LogP contribution in [0.15, 0.2) is 72.8 Å². The highest BCUT2D eigenvalue weighted by atomic mass is 35.5. The van der Waals surface area contributed by atoms with Crippen LogP contribution in [0.25, 0.3) is 0 Å². The van der Waals surface area contributed by atoms with Gasteiger partial charge in [-0.25, -0.2) is 0 Å². The van der Waals surface area contributed by atoms with Crippen LogP contribution in [0.3, 0.4) is 0 Å². The van der Waals surface area contributed by atoms with Crippen molar-refractivity contribution in [1.29, 1.82) is 0 Å². The van der Waals surface area contributed by atoms with E-state index in [9.17, 15) is 19.2 Å². The van der Waals surface area contributed by atoms with Crippen molar-refractivity contribution in [3.8, 4) is 0 Å². The number of benzene rings is 4. The molecule has 0 saturated carbocycles. The van der Waals surface area contributed by atoms with Crippen LogP contribution in [0.1, 0.15) is 52.6 Å². The second kappa shape index (κ2) is 10.2. The Kier molecular flexibility index (Phi) is 6.99. The number of hydrogen-bond donors (Lipinski definition) is 2. The summed E-state index contributed by atoms with van der Waals surface area (Å²) in [6.07, 6.45) is 0.